The van der Waals surface area contributed by atoms with Crippen LogP contribution in [0.15, 0.2) is 29.2 Å². The van der Waals surface area contributed by atoms with Crippen LogP contribution < -0.4 is 5.32 Å². The summed E-state index contributed by atoms with van der Waals surface area (Å²) in [5.41, 5.74) is 0. The Morgan fingerprint density at radius 1 is 1.39 bits per heavy atom. The quantitative estimate of drug-likeness (QED) is 0.805. The molecule has 1 aromatic rings. The summed E-state index contributed by atoms with van der Waals surface area (Å²) in [7, 11) is -3.83. The summed E-state index contributed by atoms with van der Waals surface area (Å²) in [6.45, 7) is 2.60. The molecule has 1 N–H and O–H groups in total. The van der Waals surface area contributed by atoms with Gasteiger partial charge in [0.05, 0.1) is 17.5 Å². The molecule has 1 amide bonds. The number of carbonyl (C=O) groups excluding carboxylic acids is 1. The van der Waals surface area contributed by atoms with Crippen LogP contribution in [-0.2, 0) is 19.6 Å². The average molecular weight is 344 g/mol. The number of rotatable bonds is 7. The number of halogens is 1. The van der Waals surface area contributed by atoms with Crippen molar-refractivity contribution in [3.05, 3.63) is 30.1 Å². The maximum Gasteiger partial charge on any atom is 0.243 e. The van der Waals surface area contributed by atoms with Crippen molar-refractivity contribution in [1.29, 1.82) is 0 Å². The third-order valence-corrected chi connectivity index (χ3v) is 5.61. The smallest absolute Gasteiger partial charge is 0.243 e. The maximum absolute atomic E-state index is 12.9. The van der Waals surface area contributed by atoms with E-state index in [-0.39, 0.29) is 30.0 Å². The lowest BCUT2D eigenvalue weighted by atomic mass is 10.2. The summed E-state index contributed by atoms with van der Waals surface area (Å²) in [6.07, 6.45) is 1.87. The second-order valence-electron chi connectivity index (χ2n) is 5.32. The lowest BCUT2D eigenvalue weighted by Gasteiger charge is -2.20. The lowest BCUT2D eigenvalue weighted by molar-refractivity contribution is -0.121. The Balaban J connectivity index is 1.97. The Kier molecular flexibility index (Phi) is 6.09. The molecule has 1 fully saturated rings. The minimum absolute atomic E-state index is 0.00253. The van der Waals surface area contributed by atoms with Gasteiger partial charge in [-0.25, -0.2) is 12.8 Å². The van der Waals surface area contributed by atoms with E-state index in [0.29, 0.717) is 13.2 Å². The van der Waals surface area contributed by atoms with E-state index < -0.39 is 15.8 Å². The van der Waals surface area contributed by atoms with Gasteiger partial charge in [0.1, 0.15) is 5.82 Å². The Labute approximate surface area is 135 Å². The number of hydrogen-bond donors (Lipinski definition) is 1. The first-order valence-corrected chi connectivity index (χ1v) is 9.01. The molecule has 1 saturated heterocycles. The molecule has 1 aliphatic rings. The number of benzene rings is 1. The van der Waals surface area contributed by atoms with E-state index >= 15 is 0 Å². The van der Waals surface area contributed by atoms with Crippen LogP contribution in [-0.4, -0.2) is 51.0 Å². The Hall–Kier alpha value is -1.51. The molecule has 1 heterocycles. The van der Waals surface area contributed by atoms with E-state index in [0.717, 1.165) is 29.3 Å². The number of nitrogens with one attached hydrogen (secondary N) is 1. The predicted molar refractivity (Wildman–Crippen MR) is 82.8 cm³/mol. The summed E-state index contributed by atoms with van der Waals surface area (Å²) in [5, 5.41) is 2.69. The van der Waals surface area contributed by atoms with E-state index in [4.69, 9.17) is 4.74 Å². The number of likely N-dealkylation sites (N-methyl/N-ethyl adjacent to an activating group) is 1. The van der Waals surface area contributed by atoms with Gasteiger partial charge in [-0.3, -0.25) is 4.79 Å². The first-order chi connectivity index (χ1) is 10.9. The van der Waals surface area contributed by atoms with E-state index in [1.807, 2.05) is 0 Å². The SMILES string of the molecule is CCN(CC(=O)NC[C@H]1CCCO1)S(=O)(=O)c1ccc(F)cc1. The van der Waals surface area contributed by atoms with Crippen molar-refractivity contribution in [2.24, 2.45) is 0 Å². The van der Waals surface area contributed by atoms with Crippen LogP contribution >= 0.6 is 0 Å². The standard InChI is InChI=1S/C15H21FN2O4S/c1-2-18(11-15(19)17-10-13-4-3-9-22-13)23(20,21)14-7-5-12(16)6-8-14/h5-8,13H,2-4,9-11H2,1H3,(H,17,19)/t13-/m1/s1. The highest BCUT2D eigenvalue weighted by molar-refractivity contribution is 7.89. The largest absolute Gasteiger partial charge is 0.376 e. The van der Waals surface area contributed by atoms with Crippen molar-refractivity contribution >= 4 is 15.9 Å². The second kappa shape index (κ2) is 7.85. The van der Waals surface area contributed by atoms with Crippen LogP contribution in [0.3, 0.4) is 0 Å². The minimum atomic E-state index is -3.83. The third-order valence-electron chi connectivity index (χ3n) is 3.67. The number of hydrogen-bond acceptors (Lipinski definition) is 4. The first kappa shape index (κ1) is 17.8. The number of ether oxygens (including phenoxy) is 1. The number of carbonyl (C=O) groups is 1. The molecule has 0 bridgehead atoms. The molecular weight excluding hydrogens is 323 g/mol. The first-order valence-electron chi connectivity index (χ1n) is 7.57. The fraction of sp³-hybridized carbons (Fsp3) is 0.533. The van der Waals surface area contributed by atoms with Gasteiger partial charge in [0.2, 0.25) is 15.9 Å². The van der Waals surface area contributed by atoms with Crippen LogP contribution in [0.1, 0.15) is 19.8 Å². The van der Waals surface area contributed by atoms with Crippen LogP contribution in [0.2, 0.25) is 0 Å². The molecule has 0 unspecified atom stereocenters. The van der Waals surface area contributed by atoms with Crippen LogP contribution in [0.25, 0.3) is 0 Å². The fourth-order valence-electron chi connectivity index (χ4n) is 2.37. The highest BCUT2D eigenvalue weighted by Gasteiger charge is 2.25. The van der Waals surface area contributed by atoms with Crippen molar-refractivity contribution in [1.82, 2.24) is 9.62 Å². The van der Waals surface area contributed by atoms with Crippen LogP contribution in [0, 0.1) is 5.82 Å². The molecule has 1 aromatic carbocycles. The molecule has 2 rings (SSSR count). The van der Waals surface area contributed by atoms with E-state index in [1.54, 1.807) is 6.92 Å². The van der Waals surface area contributed by atoms with Crippen molar-refractivity contribution in [3.8, 4) is 0 Å². The van der Waals surface area contributed by atoms with E-state index in [2.05, 4.69) is 5.32 Å². The molecule has 1 aliphatic heterocycles. The van der Waals surface area contributed by atoms with Crippen LogP contribution in [0.5, 0.6) is 0 Å². The Morgan fingerprint density at radius 3 is 2.65 bits per heavy atom. The zero-order valence-electron chi connectivity index (χ0n) is 13.0. The summed E-state index contributed by atoms with van der Waals surface area (Å²) in [6, 6.07) is 4.55. The van der Waals surface area contributed by atoms with Gasteiger partial charge in [0, 0.05) is 19.7 Å². The minimum Gasteiger partial charge on any atom is -0.376 e. The van der Waals surface area contributed by atoms with Gasteiger partial charge < -0.3 is 10.1 Å². The van der Waals surface area contributed by atoms with Crippen molar-refractivity contribution in [2.45, 2.75) is 30.8 Å². The lowest BCUT2D eigenvalue weighted by Crippen LogP contribution is -2.42. The fourth-order valence-corrected chi connectivity index (χ4v) is 3.78. The van der Waals surface area contributed by atoms with Crippen LogP contribution in [0.4, 0.5) is 4.39 Å². The van der Waals surface area contributed by atoms with E-state index in [1.165, 1.54) is 12.1 Å². The van der Waals surface area contributed by atoms with Gasteiger partial charge >= 0.3 is 0 Å². The normalized spacial score (nSPS) is 18.3. The van der Waals surface area contributed by atoms with Crippen molar-refractivity contribution < 1.29 is 22.3 Å². The molecule has 0 spiro atoms. The molecule has 128 valence electrons. The molecule has 1 atom stereocenters. The summed E-state index contributed by atoms with van der Waals surface area (Å²) < 4.78 is 44.3. The topological polar surface area (TPSA) is 75.7 Å². The Morgan fingerprint density at radius 2 is 2.09 bits per heavy atom. The van der Waals surface area contributed by atoms with E-state index in [9.17, 15) is 17.6 Å². The number of nitrogens with zero attached hydrogens (tertiary/aromatic N) is 1. The van der Waals surface area contributed by atoms with Crippen molar-refractivity contribution in [3.63, 3.8) is 0 Å². The molecule has 0 saturated carbocycles. The number of sulfonamides is 1. The number of amides is 1. The zero-order valence-corrected chi connectivity index (χ0v) is 13.8. The average Bonchev–Trinajstić information content (AvgIpc) is 3.04. The molecular formula is C15H21FN2O4S. The highest BCUT2D eigenvalue weighted by atomic mass is 32.2. The molecule has 6 nitrogen and oxygen atoms in total. The predicted octanol–water partition coefficient (Wildman–Crippen LogP) is 1.13. The zero-order chi connectivity index (χ0) is 16.9. The molecule has 8 heteroatoms. The summed E-state index contributed by atoms with van der Waals surface area (Å²) in [5.74, 6) is -0.894. The molecule has 0 aromatic heterocycles. The van der Waals surface area contributed by atoms with Gasteiger partial charge in [0.25, 0.3) is 0 Å². The molecule has 0 aliphatic carbocycles. The maximum atomic E-state index is 12.9. The third kappa shape index (κ3) is 4.73. The highest BCUT2D eigenvalue weighted by Crippen LogP contribution is 2.16. The monoisotopic (exact) mass is 344 g/mol. The summed E-state index contributed by atoms with van der Waals surface area (Å²) >= 11 is 0. The summed E-state index contributed by atoms with van der Waals surface area (Å²) in [4.78, 5) is 11.9. The van der Waals surface area contributed by atoms with Gasteiger partial charge in [-0.15, -0.1) is 0 Å². The Bertz CT molecular complexity index is 627. The van der Waals surface area contributed by atoms with Gasteiger partial charge in [-0.05, 0) is 37.1 Å². The van der Waals surface area contributed by atoms with Gasteiger partial charge in [-0.1, -0.05) is 6.92 Å². The van der Waals surface area contributed by atoms with Gasteiger partial charge in [-0.2, -0.15) is 4.31 Å². The molecule has 0 radical (unpaired) electrons. The van der Waals surface area contributed by atoms with Crippen molar-refractivity contribution in [2.75, 3.05) is 26.2 Å². The molecule has 23 heavy (non-hydrogen) atoms. The second-order valence-corrected chi connectivity index (χ2v) is 7.26. The van der Waals surface area contributed by atoms with Gasteiger partial charge in [0.15, 0.2) is 0 Å².